The fourth-order valence-electron chi connectivity index (χ4n) is 1.76. The number of Topliss-reactive ketones (excluding diaryl/α,β-unsaturated/α-hetero) is 1. The van der Waals surface area contributed by atoms with Crippen molar-refractivity contribution in [2.24, 2.45) is 0 Å². The van der Waals surface area contributed by atoms with Gasteiger partial charge in [-0.3, -0.25) is 9.59 Å². The molecule has 2 rings (SSSR count). The van der Waals surface area contributed by atoms with Gasteiger partial charge in [-0.15, -0.1) is 0 Å². The van der Waals surface area contributed by atoms with E-state index >= 15 is 0 Å². The lowest BCUT2D eigenvalue weighted by atomic mass is 10.1. The van der Waals surface area contributed by atoms with Crippen molar-refractivity contribution in [2.45, 2.75) is 13.5 Å². The lowest BCUT2D eigenvalue weighted by Gasteiger charge is -2.11. The van der Waals surface area contributed by atoms with E-state index < -0.39 is 0 Å². The third-order valence-corrected chi connectivity index (χ3v) is 2.99. The highest BCUT2D eigenvalue weighted by Crippen LogP contribution is 2.13. The highest BCUT2D eigenvalue weighted by Gasteiger charge is 2.08. The molecule has 19 heavy (non-hydrogen) atoms. The maximum absolute atomic E-state index is 12.1. The van der Waals surface area contributed by atoms with Crippen LogP contribution < -0.4 is 4.90 Å². The molecule has 1 aromatic carbocycles. The van der Waals surface area contributed by atoms with Gasteiger partial charge in [0.25, 0.3) is 0 Å². The van der Waals surface area contributed by atoms with E-state index in [0.717, 1.165) is 17.9 Å². The van der Waals surface area contributed by atoms with Crippen LogP contribution in [-0.2, 0) is 11.3 Å². The average Bonchev–Trinajstić information content (AvgIpc) is 2.83. The molecule has 0 aliphatic rings. The summed E-state index contributed by atoms with van der Waals surface area (Å²) in [4.78, 5) is 28.2. The van der Waals surface area contributed by atoms with Crippen LogP contribution in [0.3, 0.4) is 0 Å². The Morgan fingerprint density at radius 3 is 2.58 bits per heavy atom. The molecule has 0 saturated heterocycles. The Bertz CT molecular complexity index is 587. The van der Waals surface area contributed by atoms with E-state index in [4.69, 9.17) is 0 Å². The number of benzene rings is 1. The van der Waals surface area contributed by atoms with Crippen molar-refractivity contribution in [1.29, 1.82) is 0 Å². The number of carbonyl (C=O) groups is 2. The fourth-order valence-corrected chi connectivity index (χ4v) is 1.76. The monoisotopic (exact) mass is 257 g/mol. The number of nitrogens with zero attached hydrogens (tertiary/aromatic N) is 3. The number of anilines is 1. The summed E-state index contributed by atoms with van der Waals surface area (Å²) >= 11 is 0. The highest BCUT2D eigenvalue weighted by molar-refractivity contribution is 5.96. The van der Waals surface area contributed by atoms with Crippen LogP contribution in [0.5, 0.6) is 0 Å². The standard InChI is InChI=1S/C14H15N3O2/c1-11-15-7-8-17(11)9-14(19)12-3-5-13(6-4-12)16(2)10-18/h3-8,10H,9H2,1-2H3. The summed E-state index contributed by atoms with van der Waals surface area (Å²) in [5.41, 5.74) is 1.38. The van der Waals surface area contributed by atoms with Gasteiger partial charge in [-0.2, -0.15) is 0 Å². The largest absolute Gasteiger partial charge is 0.327 e. The van der Waals surface area contributed by atoms with Gasteiger partial charge >= 0.3 is 0 Å². The first-order valence-electron chi connectivity index (χ1n) is 5.91. The van der Waals surface area contributed by atoms with Crippen LogP contribution in [0.2, 0.25) is 0 Å². The number of hydrogen-bond acceptors (Lipinski definition) is 3. The van der Waals surface area contributed by atoms with Gasteiger partial charge in [0, 0.05) is 30.7 Å². The van der Waals surface area contributed by atoms with Gasteiger partial charge in [-0.05, 0) is 31.2 Å². The van der Waals surface area contributed by atoms with Crippen molar-refractivity contribution in [3.63, 3.8) is 0 Å². The van der Waals surface area contributed by atoms with Crippen molar-refractivity contribution in [3.8, 4) is 0 Å². The molecular formula is C14H15N3O2. The lowest BCUT2D eigenvalue weighted by Crippen LogP contribution is -2.14. The molecule has 0 N–H and O–H groups in total. The second kappa shape index (κ2) is 5.48. The molecule has 0 unspecified atom stereocenters. The molecule has 1 aromatic heterocycles. The first-order valence-corrected chi connectivity index (χ1v) is 5.91. The van der Waals surface area contributed by atoms with E-state index in [1.54, 1.807) is 48.3 Å². The Hall–Kier alpha value is -2.43. The number of ketones is 1. The van der Waals surface area contributed by atoms with Crippen LogP contribution in [0, 0.1) is 6.92 Å². The third kappa shape index (κ3) is 2.88. The van der Waals surface area contributed by atoms with Gasteiger partial charge in [0.1, 0.15) is 5.82 Å². The minimum absolute atomic E-state index is 0.0152. The third-order valence-electron chi connectivity index (χ3n) is 2.99. The maximum Gasteiger partial charge on any atom is 0.213 e. The van der Waals surface area contributed by atoms with Crippen LogP contribution >= 0.6 is 0 Å². The molecule has 1 heterocycles. The summed E-state index contributed by atoms with van der Waals surface area (Å²) in [6.45, 7) is 2.13. The lowest BCUT2D eigenvalue weighted by molar-refractivity contribution is -0.107. The number of amides is 1. The van der Waals surface area contributed by atoms with Gasteiger partial charge in [-0.1, -0.05) is 0 Å². The van der Waals surface area contributed by atoms with Gasteiger partial charge in [0.2, 0.25) is 6.41 Å². The highest BCUT2D eigenvalue weighted by atomic mass is 16.1. The minimum atomic E-state index is 0.0152. The van der Waals surface area contributed by atoms with Gasteiger partial charge in [-0.25, -0.2) is 4.98 Å². The molecule has 2 aromatic rings. The van der Waals surface area contributed by atoms with Crippen LogP contribution in [0.4, 0.5) is 5.69 Å². The van der Waals surface area contributed by atoms with Crippen LogP contribution in [0.25, 0.3) is 0 Å². The van der Waals surface area contributed by atoms with Crippen LogP contribution in [0.15, 0.2) is 36.7 Å². The summed E-state index contributed by atoms with van der Waals surface area (Å²) in [6.07, 6.45) is 4.18. The smallest absolute Gasteiger partial charge is 0.213 e. The van der Waals surface area contributed by atoms with Crippen molar-refractivity contribution >= 4 is 17.9 Å². The molecule has 5 nitrogen and oxygen atoms in total. The predicted molar refractivity (Wildman–Crippen MR) is 72.2 cm³/mol. The molecule has 0 saturated carbocycles. The first-order chi connectivity index (χ1) is 9.11. The number of aromatic nitrogens is 2. The second-order valence-corrected chi connectivity index (χ2v) is 4.29. The summed E-state index contributed by atoms with van der Waals surface area (Å²) in [5.74, 6) is 0.826. The molecular weight excluding hydrogens is 242 g/mol. The van der Waals surface area contributed by atoms with Gasteiger partial charge in [0.05, 0.1) is 6.54 Å². The number of imidazole rings is 1. The van der Waals surface area contributed by atoms with Gasteiger partial charge in [0.15, 0.2) is 5.78 Å². The Morgan fingerprint density at radius 1 is 1.37 bits per heavy atom. The zero-order valence-corrected chi connectivity index (χ0v) is 10.9. The predicted octanol–water partition coefficient (Wildman–Crippen LogP) is 1.67. The first kappa shape index (κ1) is 13.0. The molecule has 0 fully saturated rings. The summed E-state index contributed by atoms with van der Waals surface area (Å²) in [7, 11) is 1.67. The van der Waals surface area contributed by atoms with Crippen molar-refractivity contribution in [3.05, 3.63) is 48.0 Å². The molecule has 0 atom stereocenters. The zero-order chi connectivity index (χ0) is 13.8. The molecule has 0 bridgehead atoms. The quantitative estimate of drug-likeness (QED) is 0.604. The number of hydrogen-bond donors (Lipinski definition) is 0. The number of carbonyl (C=O) groups excluding carboxylic acids is 2. The van der Waals surface area contributed by atoms with Crippen molar-refractivity contribution < 1.29 is 9.59 Å². The number of rotatable bonds is 5. The average molecular weight is 257 g/mol. The SMILES string of the molecule is Cc1nccn1CC(=O)c1ccc(N(C)C=O)cc1. The Balaban J connectivity index is 2.12. The Kier molecular flexibility index (Phi) is 3.75. The summed E-state index contributed by atoms with van der Waals surface area (Å²) in [6, 6.07) is 6.96. The molecule has 5 heteroatoms. The van der Waals surface area contributed by atoms with Crippen LogP contribution in [0.1, 0.15) is 16.2 Å². The van der Waals surface area contributed by atoms with Gasteiger partial charge < -0.3 is 9.47 Å². The van der Waals surface area contributed by atoms with Crippen LogP contribution in [-0.4, -0.2) is 28.8 Å². The Labute approximate surface area is 111 Å². The Morgan fingerprint density at radius 2 is 2.05 bits per heavy atom. The summed E-state index contributed by atoms with van der Waals surface area (Å²) in [5, 5.41) is 0. The minimum Gasteiger partial charge on any atom is -0.327 e. The van der Waals surface area contributed by atoms with E-state index in [1.165, 1.54) is 4.90 Å². The topological polar surface area (TPSA) is 55.2 Å². The second-order valence-electron chi connectivity index (χ2n) is 4.29. The van der Waals surface area contributed by atoms with E-state index in [-0.39, 0.29) is 12.3 Å². The fraction of sp³-hybridized carbons (Fsp3) is 0.214. The zero-order valence-electron chi connectivity index (χ0n) is 10.9. The van der Waals surface area contributed by atoms with E-state index in [1.807, 2.05) is 6.92 Å². The summed E-state index contributed by atoms with van der Waals surface area (Å²) < 4.78 is 1.80. The van der Waals surface area contributed by atoms with E-state index in [0.29, 0.717) is 5.56 Å². The molecule has 0 spiro atoms. The van der Waals surface area contributed by atoms with Crippen molar-refractivity contribution in [1.82, 2.24) is 9.55 Å². The molecule has 1 amide bonds. The maximum atomic E-state index is 12.1. The molecule has 0 radical (unpaired) electrons. The molecule has 98 valence electrons. The van der Waals surface area contributed by atoms with E-state index in [9.17, 15) is 9.59 Å². The van der Waals surface area contributed by atoms with Crippen molar-refractivity contribution in [2.75, 3.05) is 11.9 Å². The normalized spacial score (nSPS) is 10.2. The molecule has 0 aliphatic heterocycles. The molecule has 0 aliphatic carbocycles. The van der Waals surface area contributed by atoms with E-state index in [2.05, 4.69) is 4.98 Å². The number of aryl methyl sites for hydroxylation is 1.